The topological polar surface area (TPSA) is 78.4 Å². The fraction of sp³-hybridized carbons (Fsp3) is 0.286. The Morgan fingerprint density at radius 1 is 0.941 bits per heavy atom. The van der Waals surface area contributed by atoms with Gasteiger partial charge in [-0.05, 0) is 78.3 Å². The van der Waals surface area contributed by atoms with E-state index in [0.29, 0.717) is 24.3 Å². The zero-order valence-corrected chi connectivity index (χ0v) is 20.5. The summed E-state index contributed by atoms with van der Waals surface area (Å²) in [4.78, 5) is 24.8. The molecule has 0 radical (unpaired) electrons. The molecule has 3 rings (SSSR count). The minimum Gasteiger partial charge on any atom is -0.480 e. The molecule has 0 aliphatic heterocycles. The molecule has 0 unspecified atom stereocenters. The third-order valence-electron chi connectivity index (χ3n) is 5.74. The molecule has 0 heterocycles. The van der Waals surface area contributed by atoms with Gasteiger partial charge in [0.25, 0.3) is 5.91 Å². The molecule has 0 saturated carbocycles. The molecule has 178 valence electrons. The summed E-state index contributed by atoms with van der Waals surface area (Å²) in [6.45, 7) is 3.54. The van der Waals surface area contributed by atoms with Gasteiger partial charge in [-0.25, -0.2) is 4.79 Å². The van der Waals surface area contributed by atoms with Crippen LogP contribution in [0.5, 0.6) is 0 Å². The van der Waals surface area contributed by atoms with Gasteiger partial charge in [0.05, 0.1) is 0 Å². The first kappa shape index (κ1) is 25.5. The lowest BCUT2D eigenvalue weighted by Gasteiger charge is -2.18. The van der Waals surface area contributed by atoms with Crippen LogP contribution in [-0.2, 0) is 17.8 Å². The van der Waals surface area contributed by atoms with Crippen molar-refractivity contribution in [2.45, 2.75) is 32.4 Å². The summed E-state index contributed by atoms with van der Waals surface area (Å²) in [6.07, 6.45) is 3.24. The van der Waals surface area contributed by atoms with Gasteiger partial charge < -0.3 is 15.7 Å². The van der Waals surface area contributed by atoms with E-state index in [1.807, 2.05) is 67.8 Å². The predicted octanol–water partition coefficient (Wildman–Crippen LogP) is 4.93. The van der Waals surface area contributed by atoms with Crippen LogP contribution in [0.3, 0.4) is 0 Å². The van der Waals surface area contributed by atoms with Gasteiger partial charge >= 0.3 is 5.97 Å². The number of carbonyl (C=O) groups is 2. The molecule has 0 aliphatic rings. The van der Waals surface area contributed by atoms with E-state index in [1.165, 1.54) is 5.56 Å². The van der Waals surface area contributed by atoms with Crippen LogP contribution >= 0.6 is 11.8 Å². The van der Waals surface area contributed by atoms with Crippen molar-refractivity contribution in [2.24, 2.45) is 0 Å². The van der Waals surface area contributed by atoms with Crippen molar-refractivity contribution in [2.75, 3.05) is 18.6 Å². The molecule has 0 bridgehead atoms. The fourth-order valence-corrected chi connectivity index (χ4v) is 4.31. The highest BCUT2D eigenvalue weighted by molar-refractivity contribution is 7.98. The van der Waals surface area contributed by atoms with Gasteiger partial charge in [0.1, 0.15) is 6.04 Å². The quantitative estimate of drug-likeness (QED) is 0.323. The number of thioether (sulfide) groups is 1. The summed E-state index contributed by atoms with van der Waals surface area (Å²) in [6, 6.07) is 23.1. The molecule has 3 N–H and O–H groups in total. The zero-order valence-electron chi connectivity index (χ0n) is 19.7. The van der Waals surface area contributed by atoms with Crippen molar-refractivity contribution < 1.29 is 14.7 Å². The van der Waals surface area contributed by atoms with Crippen LogP contribution < -0.4 is 10.6 Å². The molecule has 1 atom stereocenters. The summed E-state index contributed by atoms with van der Waals surface area (Å²) in [5.41, 5.74) is 5.68. The number of benzene rings is 3. The van der Waals surface area contributed by atoms with Crippen molar-refractivity contribution >= 4 is 23.6 Å². The molecule has 5 nitrogen and oxygen atoms in total. The van der Waals surface area contributed by atoms with Gasteiger partial charge in [0, 0.05) is 12.1 Å². The number of nitrogens with one attached hydrogen (secondary N) is 2. The van der Waals surface area contributed by atoms with Crippen molar-refractivity contribution in [3.63, 3.8) is 0 Å². The standard InChI is InChI=1S/C28H32N2O3S/c1-20-8-6-7-11-23(20)25-18-22(19-29-16-14-21-9-4-3-5-10-21)12-13-24(25)27(31)30-26(28(32)33)15-17-34-2/h3-13,18,26,29H,14-17,19H2,1-2H3,(H,30,31)(H,32,33)/t26-/m0/s1. The maximum atomic E-state index is 13.2. The van der Waals surface area contributed by atoms with Crippen molar-refractivity contribution in [1.82, 2.24) is 10.6 Å². The summed E-state index contributed by atoms with van der Waals surface area (Å²) in [5, 5.41) is 15.7. The molecular weight excluding hydrogens is 444 g/mol. The molecule has 0 aliphatic carbocycles. The van der Waals surface area contributed by atoms with Gasteiger partial charge in [-0.2, -0.15) is 11.8 Å². The minimum absolute atomic E-state index is 0.365. The Balaban J connectivity index is 1.79. The van der Waals surface area contributed by atoms with E-state index in [1.54, 1.807) is 17.8 Å². The highest BCUT2D eigenvalue weighted by Crippen LogP contribution is 2.28. The molecule has 3 aromatic carbocycles. The lowest BCUT2D eigenvalue weighted by Crippen LogP contribution is -2.41. The Morgan fingerprint density at radius 2 is 1.68 bits per heavy atom. The number of rotatable bonds is 12. The smallest absolute Gasteiger partial charge is 0.326 e. The van der Waals surface area contributed by atoms with Crippen LogP contribution in [0, 0.1) is 6.92 Å². The lowest BCUT2D eigenvalue weighted by molar-refractivity contribution is -0.139. The molecule has 0 aromatic heterocycles. The SMILES string of the molecule is CSCC[C@H](NC(=O)c1ccc(CNCCc2ccccc2)cc1-c1ccccc1C)C(=O)O. The maximum absolute atomic E-state index is 13.2. The van der Waals surface area contributed by atoms with Crippen molar-refractivity contribution in [3.05, 3.63) is 95.1 Å². The molecule has 0 fully saturated rings. The van der Waals surface area contributed by atoms with Crippen LogP contribution in [0.25, 0.3) is 11.1 Å². The van der Waals surface area contributed by atoms with E-state index in [2.05, 4.69) is 22.8 Å². The van der Waals surface area contributed by atoms with E-state index in [9.17, 15) is 14.7 Å². The molecule has 34 heavy (non-hydrogen) atoms. The number of carbonyl (C=O) groups excluding carboxylic acids is 1. The highest BCUT2D eigenvalue weighted by Gasteiger charge is 2.22. The fourth-order valence-electron chi connectivity index (χ4n) is 3.84. The van der Waals surface area contributed by atoms with Crippen LogP contribution in [0.4, 0.5) is 0 Å². The number of carboxylic acids is 1. The first-order valence-electron chi connectivity index (χ1n) is 11.5. The lowest BCUT2D eigenvalue weighted by atomic mass is 9.93. The Labute approximate surface area is 206 Å². The molecular formula is C28H32N2O3S. The highest BCUT2D eigenvalue weighted by atomic mass is 32.2. The van der Waals surface area contributed by atoms with Gasteiger partial charge in [-0.3, -0.25) is 4.79 Å². The van der Waals surface area contributed by atoms with Crippen molar-refractivity contribution in [1.29, 1.82) is 0 Å². The first-order valence-corrected chi connectivity index (χ1v) is 12.8. The Kier molecular flexibility index (Phi) is 9.74. The van der Waals surface area contributed by atoms with Gasteiger partial charge in [0.15, 0.2) is 0 Å². The molecule has 3 aromatic rings. The second kappa shape index (κ2) is 13.0. The summed E-state index contributed by atoms with van der Waals surface area (Å²) in [5.74, 6) is -0.718. The third kappa shape index (κ3) is 7.20. The average Bonchev–Trinajstić information content (AvgIpc) is 2.85. The van der Waals surface area contributed by atoms with Crippen molar-refractivity contribution in [3.8, 4) is 11.1 Å². The summed E-state index contributed by atoms with van der Waals surface area (Å²) in [7, 11) is 0. The number of hydrogen-bond acceptors (Lipinski definition) is 4. The molecule has 1 amide bonds. The zero-order chi connectivity index (χ0) is 24.3. The maximum Gasteiger partial charge on any atom is 0.326 e. The van der Waals surface area contributed by atoms with E-state index >= 15 is 0 Å². The monoisotopic (exact) mass is 476 g/mol. The Morgan fingerprint density at radius 3 is 2.38 bits per heavy atom. The predicted molar refractivity (Wildman–Crippen MR) is 140 cm³/mol. The van der Waals surface area contributed by atoms with Crippen LogP contribution in [0.15, 0.2) is 72.8 Å². The van der Waals surface area contributed by atoms with E-state index in [-0.39, 0.29) is 5.91 Å². The molecule has 0 saturated heterocycles. The number of amides is 1. The van der Waals surface area contributed by atoms with Gasteiger partial charge in [-0.1, -0.05) is 60.7 Å². The van der Waals surface area contributed by atoms with E-state index < -0.39 is 12.0 Å². The van der Waals surface area contributed by atoms with Crippen LogP contribution in [0.1, 0.15) is 33.5 Å². The molecule has 6 heteroatoms. The largest absolute Gasteiger partial charge is 0.480 e. The van der Waals surface area contributed by atoms with Gasteiger partial charge in [-0.15, -0.1) is 0 Å². The average molecular weight is 477 g/mol. The Bertz CT molecular complexity index is 1100. The first-order chi connectivity index (χ1) is 16.5. The third-order valence-corrected chi connectivity index (χ3v) is 6.38. The van der Waals surface area contributed by atoms with Gasteiger partial charge in [0.2, 0.25) is 0 Å². The Hall–Kier alpha value is -3.09. The number of carboxylic acid groups (broad SMARTS) is 1. The normalized spacial score (nSPS) is 11.7. The van der Waals surface area contributed by atoms with E-state index in [4.69, 9.17) is 0 Å². The number of aryl methyl sites for hydroxylation is 1. The van der Waals surface area contributed by atoms with Crippen LogP contribution in [0.2, 0.25) is 0 Å². The number of hydrogen-bond donors (Lipinski definition) is 3. The second-order valence-corrected chi connectivity index (χ2v) is 9.24. The van der Waals surface area contributed by atoms with E-state index in [0.717, 1.165) is 35.2 Å². The van der Waals surface area contributed by atoms with Crippen LogP contribution in [-0.4, -0.2) is 41.6 Å². The number of aliphatic carboxylic acids is 1. The second-order valence-electron chi connectivity index (χ2n) is 8.25. The summed E-state index contributed by atoms with van der Waals surface area (Å²) >= 11 is 1.56. The minimum atomic E-state index is -1.01. The molecule has 0 spiro atoms. The summed E-state index contributed by atoms with van der Waals surface area (Å²) < 4.78 is 0.